The van der Waals surface area contributed by atoms with E-state index in [0.29, 0.717) is 15.6 Å². The maximum absolute atomic E-state index is 13.4. The molecule has 0 aromatic heterocycles. The van der Waals surface area contributed by atoms with Crippen molar-refractivity contribution in [1.29, 1.82) is 0 Å². The molecule has 1 aliphatic heterocycles. The lowest BCUT2D eigenvalue weighted by Crippen LogP contribution is -2.50. The van der Waals surface area contributed by atoms with Gasteiger partial charge in [-0.1, -0.05) is 35.3 Å². The molecule has 154 valence electrons. The summed E-state index contributed by atoms with van der Waals surface area (Å²) in [5, 5.41) is 3.49. The standard InChI is InChI=1S/C23H20Cl2N2O3/c24-17-7-1-13(2-8-17)12-26(21(28)14-5-9-18(25)10-6-14)27-22(29)19-15-3-4-16(11-15)20(19)23(27)30/h1-2,5-10,15-16,19-20H,3-4,11-12H2. The van der Waals surface area contributed by atoms with Gasteiger partial charge in [-0.2, -0.15) is 5.01 Å². The van der Waals surface area contributed by atoms with Crippen molar-refractivity contribution in [3.05, 3.63) is 69.7 Å². The molecule has 4 atom stereocenters. The summed E-state index contributed by atoms with van der Waals surface area (Å²) in [6, 6.07) is 13.5. The van der Waals surface area contributed by atoms with Crippen LogP contribution in [-0.4, -0.2) is 27.7 Å². The van der Waals surface area contributed by atoms with Crippen molar-refractivity contribution < 1.29 is 14.4 Å². The maximum atomic E-state index is 13.4. The molecule has 7 heteroatoms. The fourth-order valence-corrected chi connectivity index (χ4v) is 5.62. The topological polar surface area (TPSA) is 57.7 Å². The summed E-state index contributed by atoms with van der Waals surface area (Å²) < 4.78 is 0. The zero-order valence-electron chi connectivity index (χ0n) is 16.1. The maximum Gasteiger partial charge on any atom is 0.273 e. The van der Waals surface area contributed by atoms with Gasteiger partial charge >= 0.3 is 0 Å². The van der Waals surface area contributed by atoms with Crippen LogP contribution in [0.15, 0.2) is 48.5 Å². The van der Waals surface area contributed by atoms with Crippen LogP contribution < -0.4 is 0 Å². The molecular formula is C23H20Cl2N2O3. The molecule has 0 radical (unpaired) electrons. The normalized spacial score (nSPS) is 26.9. The number of amides is 3. The molecule has 5 nitrogen and oxygen atoms in total. The van der Waals surface area contributed by atoms with Crippen LogP contribution in [0.5, 0.6) is 0 Å². The van der Waals surface area contributed by atoms with E-state index in [-0.39, 0.29) is 42.0 Å². The number of carbonyl (C=O) groups excluding carboxylic acids is 3. The third kappa shape index (κ3) is 3.12. The second-order valence-corrected chi connectivity index (χ2v) is 9.24. The Hall–Kier alpha value is -2.37. The molecule has 1 saturated heterocycles. The average molecular weight is 443 g/mol. The molecule has 3 fully saturated rings. The predicted molar refractivity (Wildman–Crippen MR) is 112 cm³/mol. The van der Waals surface area contributed by atoms with E-state index in [4.69, 9.17) is 23.2 Å². The highest BCUT2D eigenvalue weighted by atomic mass is 35.5. The number of hydrogen-bond donors (Lipinski definition) is 0. The van der Waals surface area contributed by atoms with Crippen LogP contribution in [0.3, 0.4) is 0 Å². The van der Waals surface area contributed by atoms with E-state index in [2.05, 4.69) is 0 Å². The molecule has 2 saturated carbocycles. The number of rotatable bonds is 4. The van der Waals surface area contributed by atoms with Gasteiger partial charge in [-0.3, -0.25) is 14.4 Å². The molecule has 0 N–H and O–H groups in total. The van der Waals surface area contributed by atoms with E-state index in [1.807, 2.05) is 0 Å². The van der Waals surface area contributed by atoms with Crippen LogP contribution in [-0.2, 0) is 16.1 Å². The number of imide groups is 1. The van der Waals surface area contributed by atoms with Gasteiger partial charge in [0.1, 0.15) is 0 Å². The van der Waals surface area contributed by atoms with Crippen molar-refractivity contribution in [2.45, 2.75) is 25.8 Å². The highest BCUT2D eigenvalue weighted by molar-refractivity contribution is 6.30. The van der Waals surface area contributed by atoms with Crippen LogP contribution >= 0.6 is 23.2 Å². The zero-order valence-corrected chi connectivity index (χ0v) is 17.6. The van der Waals surface area contributed by atoms with Crippen LogP contribution in [0.2, 0.25) is 10.0 Å². The molecule has 30 heavy (non-hydrogen) atoms. The Morgan fingerprint density at radius 2 is 1.37 bits per heavy atom. The predicted octanol–water partition coefficient (Wildman–Crippen LogP) is 4.58. The zero-order chi connectivity index (χ0) is 21.0. The Morgan fingerprint density at radius 1 is 0.867 bits per heavy atom. The second kappa shape index (κ2) is 7.40. The van der Waals surface area contributed by atoms with Gasteiger partial charge in [0.25, 0.3) is 17.7 Å². The first-order chi connectivity index (χ1) is 14.4. The summed E-state index contributed by atoms with van der Waals surface area (Å²) in [5.74, 6) is -0.963. The number of hydrazine groups is 1. The highest BCUT2D eigenvalue weighted by Crippen LogP contribution is 2.56. The number of hydrogen-bond acceptors (Lipinski definition) is 3. The Kier molecular flexibility index (Phi) is 4.83. The van der Waals surface area contributed by atoms with Gasteiger partial charge < -0.3 is 0 Å². The third-order valence-corrected chi connectivity index (χ3v) is 7.22. The summed E-state index contributed by atoms with van der Waals surface area (Å²) in [6.45, 7) is 0.102. The Balaban J connectivity index is 1.51. The average Bonchev–Trinajstić information content (AvgIpc) is 3.42. The lowest BCUT2D eigenvalue weighted by Gasteiger charge is -2.31. The summed E-state index contributed by atoms with van der Waals surface area (Å²) in [6.07, 6.45) is 2.92. The largest absolute Gasteiger partial charge is 0.273 e. The summed E-state index contributed by atoms with van der Waals surface area (Å²) in [4.78, 5) is 40.1. The van der Waals surface area contributed by atoms with Gasteiger partial charge in [0.05, 0.1) is 18.4 Å². The first-order valence-electron chi connectivity index (χ1n) is 10.1. The Morgan fingerprint density at radius 3 is 1.90 bits per heavy atom. The molecule has 0 spiro atoms. The van der Waals surface area contributed by atoms with Crippen molar-refractivity contribution in [3.8, 4) is 0 Å². The van der Waals surface area contributed by atoms with Crippen molar-refractivity contribution in [3.63, 3.8) is 0 Å². The van der Waals surface area contributed by atoms with Crippen molar-refractivity contribution in [2.75, 3.05) is 0 Å². The molecule has 4 unspecified atom stereocenters. The molecule has 1 heterocycles. The van der Waals surface area contributed by atoms with E-state index < -0.39 is 5.91 Å². The van der Waals surface area contributed by atoms with Gasteiger partial charge in [-0.05, 0) is 73.1 Å². The minimum atomic E-state index is -0.407. The quantitative estimate of drug-likeness (QED) is 0.650. The molecule has 3 aliphatic rings. The van der Waals surface area contributed by atoms with Crippen molar-refractivity contribution in [1.82, 2.24) is 10.0 Å². The van der Waals surface area contributed by atoms with Crippen LogP contribution in [0.25, 0.3) is 0 Å². The van der Waals surface area contributed by atoms with Gasteiger partial charge in [0, 0.05) is 15.6 Å². The van der Waals surface area contributed by atoms with Crippen LogP contribution in [0, 0.1) is 23.7 Å². The number of nitrogens with zero attached hydrogens (tertiary/aromatic N) is 2. The van der Waals surface area contributed by atoms with Gasteiger partial charge in [0.2, 0.25) is 0 Å². The van der Waals surface area contributed by atoms with Crippen LogP contribution in [0.1, 0.15) is 35.2 Å². The number of benzene rings is 2. The third-order valence-electron chi connectivity index (χ3n) is 6.72. The summed E-state index contributed by atoms with van der Waals surface area (Å²) in [7, 11) is 0. The van der Waals surface area contributed by atoms with E-state index >= 15 is 0 Å². The molecule has 2 aliphatic carbocycles. The lowest BCUT2D eigenvalue weighted by atomic mass is 9.81. The number of carbonyl (C=O) groups is 3. The smallest absolute Gasteiger partial charge is 0.272 e. The van der Waals surface area contributed by atoms with Crippen molar-refractivity contribution in [2.24, 2.45) is 23.7 Å². The second-order valence-electron chi connectivity index (χ2n) is 8.37. The van der Waals surface area contributed by atoms with E-state index in [1.165, 1.54) is 5.01 Å². The first-order valence-corrected chi connectivity index (χ1v) is 10.9. The fourth-order valence-electron chi connectivity index (χ4n) is 5.37. The van der Waals surface area contributed by atoms with E-state index in [0.717, 1.165) is 29.8 Å². The molecule has 5 rings (SSSR count). The summed E-state index contributed by atoms with van der Waals surface area (Å²) in [5.41, 5.74) is 1.15. The Labute approximate surface area is 184 Å². The van der Waals surface area contributed by atoms with Gasteiger partial charge in [0.15, 0.2) is 0 Å². The van der Waals surface area contributed by atoms with Gasteiger partial charge in [-0.15, -0.1) is 0 Å². The summed E-state index contributed by atoms with van der Waals surface area (Å²) >= 11 is 11.9. The number of halogens is 2. The number of fused-ring (bicyclic) bond motifs is 5. The molecule has 2 aromatic carbocycles. The Bertz CT molecular complexity index is 994. The first kappa shape index (κ1) is 19.6. The lowest BCUT2D eigenvalue weighted by molar-refractivity contribution is -0.156. The van der Waals surface area contributed by atoms with Crippen LogP contribution in [0.4, 0.5) is 0 Å². The van der Waals surface area contributed by atoms with E-state index in [9.17, 15) is 14.4 Å². The molecule has 3 amide bonds. The monoisotopic (exact) mass is 442 g/mol. The highest BCUT2D eigenvalue weighted by Gasteiger charge is 2.62. The minimum Gasteiger partial charge on any atom is -0.272 e. The SMILES string of the molecule is O=C(c1ccc(Cl)cc1)N(Cc1ccc(Cl)cc1)N1C(=O)C2C3CCC(C3)C2C1=O. The molecule has 2 bridgehead atoms. The molecular weight excluding hydrogens is 423 g/mol. The van der Waals surface area contributed by atoms with E-state index in [1.54, 1.807) is 48.5 Å². The molecule has 2 aromatic rings. The minimum absolute atomic E-state index is 0.102. The fraction of sp³-hybridized carbons (Fsp3) is 0.348. The van der Waals surface area contributed by atoms with Crippen molar-refractivity contribution >= 4 is 40.9 Å². The van der Waals surface area contributed by atoms with Gasteiger partial charge in [-0.25, -0.2) is 5.01 Å².